The Kier molecular flexibility index (Phi) is 10.8. The molecule has 0 unspecified atom stereocenters. The molecule has 1 aliphatic carbocycles. The number of benzene rings is 3. The van der Waals surface area contributed by atoms with Crippen molar-refractivity contribution in [2.75, 3.05) is 0 Å². The second kappa shape index (κ2) is 14.2. The summed E-state index contributed by atoms with van der Waals surface area (Å²) in [6.45, 7) is 2.25. The van der Waals surface area contributed by atoms with Gasteiger partial charge in [0.25, 0.3) is 0 Å². The molecule has 0 spiro atoms. The van der Waals surface area contributed by atoms with Gasteiger partial charge >= 0.3 is 0 Å². The van der Waals surface area contributed by atoms with Crippen molar-refractivity contribution in [2.45, 2.75) is 96.3 Å². The van der Waals surface area contributed by atoms with E-state index in [9.17, 15) is 13.2 Å². The smallest absolute Gasteiger partial charge is 0.142 e. The predicted molar refractivity (Wildman–Crippen MR) is 152 cm³/mol. The van der Waals surface area contributed by atoms with Gasteiger partial charge in [0, 0.05) is 5.56 Å². The summed E-state index contributed by atoms with van der Waals surface area (Å²) in [5, 5.41) is 0.0473. The first-order valence-corrected chi connectivity index (χ1v) is 14.8. The average molecular weight is 541 g/mol. The molecule has 0 aliphatic heterocycles. The van der Waals surface area contributed by atoms with Gasteiger partial charge in [-0.2, -0.15) is 0 Å². The number of hydrogen-bond acceptors (Lipinski definition) is 0. The molecule has 0 aromatic heterocycles. The molecule has 0 amide bonds. The summed E-state index contributed by atoms with van der Waals surface area (Å²) >= 11 is 5.72. The molecule has 0 heterocycles. The largest absolute Gasteiger partial charge is 0.207 e. The molecule has 0 nitrogen and oxygen atoms in total. The Morgan fingerprint density at radius 3 is 1.97 bits per heavy atom. The lowest BCUT2D eigenvalue weighted by molar-refractivity contribution is 0.310. The summed E-state index contributed by atoms with van der Waals surface area (Å²) in [6, 6.07) is 16.7. The topological polar surface area (TPSA) is 0 Å². The van der Waals surface area contributed by atoms with Crippen molar-refractivity contribution in [3.63, 3.8) is 0 Å². The van der Waals surface area contributed by atoms with Crippen molar-refractivity contribution in [2.24, 2.45) is 5.92 Å². The lowest BCUT2D eigenvalue weighted by Gasteiger charge is -2.29. The molecular weight excluding hydrogens is 501 g/mol. The molecule has 4 rings (SSSR count). The van der Waals surface area contributed by atoms with Crippen LogP contribution in [0.15, 0.2) is 54.6 Å². The van der Waals surface area contributed by atoms with E-state index in [2.05, 4.69) is 31.2 Å². The van der Waals surface area contributed by atoms with Crippen molar-refractivity contribution in [1.82, 2.24) is 0 Å². The first-order valence-electron chi connectivity index (χ1n) is 14.4. The third kappa shape index (κ3) is 8.12. The molecule has 1 fully saturated rings. The van der Waals surface area contributed by atoms with Crippen LogP contribution in [0.2, 0.25) is 5.02 Å². The number of rotatable bonds is 12. The van der Waals surface area contributed by atoms with E-state index in [-0.39, 0.29) is 17.0 Å². The highest BCUT2D eigenvalue weighted by Gasteiger charge is 2.22. The highest BCUT2D eigenvalue weighted by atomic mass is 35.5. The summed E-state index contributed by atoms with van der Waals surface area (Å²) in [7, 11) is 0. The van der Waals surface area contributed by atoms with Crippen molar-refractivity contribution >= 4 is 11.6 Å². The zero-order chi connectivity index (χ0) is 26.9. The molecule has 1 saturated carbocycles. The molecule has 0 N–H and O–H groups in total. The van der Waals surface area contributed by atoms with Crippen LogP contribution in [0.25, 0.3) is 0 Å². The SMILES string of the molecule is CCCCCCc1ccc([C@H]2CC[C@H](CCc3cc(F)c(CCc4ccc(Cl)c(F)c4)c(F)c3)CC2)cc1. The third-order valence-corrected chi connectivity index (χ3v) is 8.61. The number of halogens is 4. The van der Waals surface area contributed by atoms with Gasteiger partial charge in [-0.05, 0) is 123 Å². The fourth-order valence-corrected chi connectivity index (χ4v) is 5.99. The Morgan fingerprint density at radius 2 is 1.32 bits per heavy atom. The fourth-order valence-electron chi connectivity index (χ4n) is 5.87. The van der Waals surface area contributed by atoms with Gasteiger partial charge < -0.3 is 0 Å². The molecule has 0 saturated heterocycles. The number of unbranched alkanes of at least 4 members (excludes halogenated alkanes) is 3. The van der Waals surface area contributed by atoms with Crippen LogP contribution in [0.4, 0.5) is 13.2 Å². The van der Waals surface area contributed by atoms with Gasteiger partial charge in [0.1, 0.15) is 17.5 Å². The van der Waals surface area contributed by atoms with Crippen molar-refractivity contribution in [1.29, 1.82) is 0 Å². The molecular formula is C34H40ClF3. The predicted octanol–water partition coefficient (Wildman–Crippen LogP) is 10.6. The van der Waals surface area contributed by atoms with Gasteiger partial charge in [0.2, 0.25) is 0 Å². The fraction of sp³-hybridized carbons (Fsp3) is 0.471. The van der Waals surface area contributed by atoms with Crippen LogP contribution in [0.5, 0.6) is 0 Å². The van der Waals surface area contributed by atoms with Crippen molar-refractivity contribution in [3.05, 3.63) is 105 Å². The van der Waals surface area contributed by atoms with Crippen LogP contribution >= 0.6 is 11.6 Å². The van der Waals surface area contributed by atoms with Crippen LogP contribution in [-0.2, 0) is 25.7 Å². The number of hydrogen-bond donors (Lipinski definition) is 0. The Balaban J connectivity index is 1.22. The van der Waals surface area contributed by atoms with E-state index in [0.29, 0.717) is 30.2 Å². The minimum atomic E-state index is -0.513. The lowest BCUT2D eigenvalue weighted by atomic mass is 9.76. The molecule has 204 valence electrons. The average Bonchev–Trinajstić information content (AvgIpc) is 2.92. The summed E-state index contributed by atoms with van der Waals surface area (Å²) in [6.07, 6.45) is 13.3. The Morgan fingerprint density at radius 1 is 0.658 bits per heavy atom. The second-order valence-electron chi connectivity index (χ2n) is 11.1. The van der Waals surface area contributed by atoms with Crippen LogP contribution in [0, 0.1) is 23.4 Å². The minimum Gasteiger partial charge on any atom is -0.207 e. The summed E-state index contributed by atoms with van der Waals surface area (Å²) < 4.78 is 43.2. The van der Waals surface area contributed by atoms with Crippen molar-refractivity contribution in [3.8, 4) is 0 Å². The van der Waals surface area contributed by atoms with Gasteiger partial charge in [-0.25, -0.2) is 13.2 Å². The van der Waals surface area contributed by atoms with E-state index < -0.39 is 17.5 Å². The molecule has 38 heavy (non-hydrogen) atoms. The highest BCUT2D eigenvalue weighted by Crippen LogP contribution is 2.37. The number of aryl methyl sites for hydroxylation is 3. The van der Waals surface area contributed by atoms with Gasteiger partial charge in [-0.15, -0.1) is 0 Å². The summed E-state index contributed by atoms with van der Waals surface area (Å²) in [5.41, 5.74) is 4.36. The Bertz CT molecular complexity index is 1140. The van der Waals surface area contributed by atoms with E-state index in [1.807, 2.05) is 0 Å². The summed E-state index contributed by atoms with van der Waals surface area (Å²) in [5.74, 6) is -0.294. The molecule has 4 heteroatoms. The molecule has 0 bridgehead atoms. The zero-order valence-corrected chi connectivity index (χ0v) is 23.3. The van der Waals surface area contributed by atoms with Gasteiger partial charge in [-0.1, -0.05) is 68.1 Å². The standard InChI is InChI=1S/C34H40ClF3/c1-2-3-4-5-6-24-9-15-28(16-10-24)29-17-11-25(12-18-29)7-8-27-22-32(36)30(33(37)23-27)19-13-26-14-20-31(35)34(38)21-26/h9-10,14-16,20-23,25,29H,2-8,11-13,17-19H2,1H3/t25-,29-. The normalized spacial score (nSPS) is 17.6. The maximum absolute atomic E-state index is 14.8. The minimum absolute atomic E-state index is 0.0473. The molecule has 3 aromatic rings. The van der Waals surface area contributed by atoms with E-state index in [1.54, 1.807) is 6.07 Å². The van der Waals surface area contributed by atoms with Crippen LogP contribution in [0.3, 0.4) is 0 Å². The Hall–Kier alpha value is -2.26. The third-order valence-electron chi connectivity index (χ3n) is 8.31. The molecule has 3 aromatic carbocycles. The van der Waals surface area contributed by atoms with Crippen LogP contribution < -0.4 is 0 Å². The molecule has 0 radical (unpaired) electrons. The van der Waals surface area contributed by atoms with E-state index in [1.165, 1.54) is 93.2 Å². The van der Waals surface area contributed by atoms with E-state index in [0.717, 1.165) is 12.0 Å². The molecule has 1 aliphatic rings. The first-order chi connectivity index (χ1) is 18.4. The summed E-state index contributed by atoms with van der Waals surface area (Å²) in [4.78, 5) is 0. The zero-order valence-electron chi connectivity index (χ0n) is 22.6. The maximum atomic E-state index is 14.8. The monoisotopic (exact) mass is 540 g/mol. The lowest BCUT2D eigenvalue weighted by Crippen LogP contribution is -2.14. The first kappa shape index (κ1) is 28.7. The van der Waals surface area contributed by atoms with E-state index >= 15 is 0 Å². The van der Waals surface area contributed by atoms with Crippen molar-refractivity contribution < 1.29 is 13.2 Å². The Labute approximate surface area is 231 Å². The quantitative estimate of drug-likeness (QED) is 0.200. The molecule has 0 atom stereocenters. The van der Waals surface area contributed by atoms with Gasteiger partial charge in [0.05, 0.1) is 5.02 Å². The second-order valence-corrected chi connectivity index (χ2v) is 11.5. The maximum Gasteiger partial charge on any atom is 0.142 e. The highest BCUT2D eigenvalue weighted by molar-refractivity contribution is 6.30. The van der Waals surface area contributed by atoms with Crippen LogP contribution in [0.1, 0.15) is 98.4 Å². The van der Waals surface area contributed by atoms with Gasteiger partial charge in [0.15, 0.2) is 0 Å². The van der Waals surface area contributed by atoms with Crippen LogP contribution in [-0.4, -0.2) is 0 Å². The van der Waals surface area contributed by atoms with Gasteiger partial charge in [-0.3, -0.25) is 0 Å². The van der Waals surface area contributed by atoms with E-state index in [4.69, 9.17) is 11.6 Å².